The Morgan fingerprint density at radius 1 is 1.62 bits per heavy atom. The van der Waals surface area contributed by atoms with Gasteiger partial charge < -0.3 is 9.84 Å². The summed E-state index contributed by atoms with van der Waals surface area (Å²) in [5.74, 6) is -1.25. The number of esters is 1. The van der Waals surface area contributed by atoms with E-state index in [9.17, 15) is 9.59 Å². The molecule has 0 radical (unpaired) electrons. The minimum absolute atomic E-state index is 0.0650. The highest BCUT2D eigenvalue weighted by Crippen LogP contribution is 2.40. The molecule has 0 aromatic rings. The highest BCUT2D eigenvalue weighted by atomic mass is 16.5. The average Bonchev–Trinajstić information content (AvgIpc) is 2.80. The number of aliphatic carboxylic acids is 1. The van der Waals surface area contributed by atoms with Crippen molar-refractivity contribution in [3.8, 4) is 0 Å². The number of carboxylic acid groups (broad SMARTS) is 1. The zero-order valence-electron chi connectivity index (χ0n) is 7.40. The first kappa shape index (κ1) is 9.77. The van der Waals surface area contributed by atoms with Crippen molar-refractivity contribution < 1.29 is 19.4 Å². The Bertz CT molecular complexity index is 244. The molecular formula is C9H12O4. The van der Waals surface area contributed by atoms with E-state index in [1.165, 1.54) is 0 Å². The predicted octanol–water partition coefficient (Wildman–Crippen LogP) is 0.826. The highest BCUT2D eigenvalue weighted by Gasteiger charge is 2.42. The lowest BCUT2D eigenvalue weighted by Gasteiger charge is -1.97. The van der Waals surface area contributed by atoms with E-state index in [1.807, 2.05) is 0 Å². The molecule has 0 heterocycles. The molecule has 0 bridgehead atoms. The van der Waals surface area contributed by atoms with Crippen LogP contribution in [0.2, 0.25) is 0 Å². The Labute approximate surface area is 76.2 Å². The SMILES string of the molecule is CCOC(=O)[C@H]1C[C@H]1/C=C/C(=O)O. The van der Waals surface area contributed by atoms with Gasteiger partial charge in [-0.15, -0.1) is 0 Å². The normalized spacial score (nSPS) is 25.9. The van der Waals surface area contributed by atoms with E-state index >= 15 is 0 Å². The van der Waals surface area contributed by atoms with Crippen molar-refractivity contribution in [2.24, 2.45) is 11.8 Å². The maximum absolute atomic E-state index is 11.1. The summed E-state index contributed by atoms with van der Waals surface area (Å²) < 4.78 is 4.78. The van der Waals surface area contributed by atoms with E-state index in [-0.39, 0.29) is 17.8 Å². The molecule has 1 fully saturated rings. The quantitative estimate of drug-likeness (QED) is 0.519. The molecule has 4 heteroatoms. The number of carbonyl (C=O) groups excluding carboxylic acids is 1. The lowest BCUT2D eigenvalue weighted by molar-refractivity contribution is -0.145. The first-order chi connectivity index (χ1) is 6.15. The van der Waals surface area contributed by atoms with Gasteiger partial charge in [-0.2, -0.15) is 0 Å². The topological polar surface area (TPSA) is 63.6 Å². The number of ether oxygens (including phenoxy) is 1. The summed E-state index contributed by atoms with van der Waals surface area (Å²) in [6, 6.07) is 0. The summed E-state index contributed by atoms with van der Waals surface area (Å²) in [5, 5.41) is 8.32. The fourth-order valence-corrected chi connectivity index (χ4v) is 1.15. The number of hydrogen-bond donors (Lipinski definition) is 1. The van der Waals surface area contributed by atoms with Crippen molar-refractivity contribution in [1.29, 1.82) is 0 Å². The van der Waals surface area contributed by atoms with Crippen LogP contribution in [-0.4, -0.2) is 23.7 Å². The van der Waals surface area contributed by atoms with Crippen molar-refractivity contribution in [3.63, 3.8) is 0 Å². The maximum atomic E-state index is 11.1. The molecule has 1 N–H and O–H groups in total. The van der Waals surface area contributed by atoms with Crippen molar-refractivity contribution >= 4 is 11.9 Å². The molecule has 0 aromatic carbocycles. The van der Waals surface area contributed by atoms with Crippen LogP contribution < -0.4 is 0 Å². The molecule has 13 heavy (non-hydrogen) atoms. The van der Waals surface area contributed by atoms with Gasteiger partial charge in [-0.25, -0.2) is 4.79 Å². The third kappa shape index (κ3) is 2.89. The van der Waals surface area contributed by atoms with Crippen molar-refractivity contribution in [3.05, 3.63) is 12.2 Å². The molecule has 1 rings (SSSR count). The minimum Gasteiger partial charge on any atom is -0.478 e. The average molecular weight is 184 g/mol. The number of carboxylic acids is 1. The molecule has 0 saturated heterocycles. The summed E-state index contributed by atoms with van der Waals surface area (Å²) >= 11 is 0. The van der Waals surface area contributed by atoms with Gasteiger partial charge >= 0.3 is 11.9 Å². The number of hydrogen-bond acceptors (Lipinski definition) is 3. The lowest BCUT2D eigenvalue weighted by Crippen LogP contribution is -2.07. The zero-order valence-corrected chi connectivity index (χ0v) is 7.40. The summed E-state index contributed by atoms with van der Waals surface area (Å²) in [7, 11) is 0. The molecule has 0 aliphatic heterocycles. The summed E-state index contributed by atoms with van der Waals surface area (Å²) in [6.45, 7) is 2.13. The fraction of sp³-hybridized carbons (Fsp3) is 0.556. The van der Waals surface area contributed by atoms with Crippen LogP contribution in [0.1, 0.15) is 13.3 Å². The van der Waals surface area contributed by atoms with Crippen molar-refractivity contribution in [1.82, 2.24) is 0 Å². The summed E-state index contributed by atoms with van der Waals surface area (Å²) in [6.07, 6.45) is 3.33. The Morgan fingerprint density at radius 3 is 2.85 bits per heavy atom. The van der Waals surface area contributed by atoms with Crippen LogP contribution >= 0.6 is 0 Å². The van der Waals surface area contributed by atoms with Gasteiger partial charge in [-0.05, 0) is 19.3 Å². The van der Waals surface area contributed by atoms with Crippen LogP contribution in [0.15, 0.2) is 12.2 Å². The minimum atomic E-state index is -0.977. The van der Waals surface area contributed by atoms with Crippen LogP contribution in [0.4, 0.5) is 0 Å². The smallest absolute Gasteiger partial charge is 0.327 e. The molecule has 0 amide bonds. The largest absolute Gasteiger partial charge is 0.478 e. The third-order valence-electron chi connectivity index (χ3n) is 1.92. The van der Waals surface area contributed by atoms with E-state index in [0.29, 0.717) is 13.0 Å². The van der Waals surface area contributed by atoms with Gasteiger partial charge in [0.05, 0.1) is 12.5 Å². The molecule has 0 aromatic heterocycles. The van der Waals surface area contributed by atoms with E-state index in [0.717, 1.165) is 6.08 Å². The van der Waals surface area contributed by atoms with Gasteiger partial charge in [-0.3, -0.25) is 4.79 Å². The second kappa shape index (κ2) is 4.07. The van der Waals surface area contributed by atoms with Gasteiger partial charge in [0.1, 0.15) is 0 Å². The van der Waals surface area contributed by atoms with Crippen LogP contribution in [-0.2, 0) is 14.3 Å². The Hall–Kier alpha value is -1.32. The summed E-state index contributed by atoms with van der Waals surface area (Å²) in [5.41, 5.74) is 0. The van der Waals surface area contributed by atoms with Gasteiger partial charge in [0.15, 0.2) is 0 Å². The number of carbonyl (C=O) groups is 2. The monoisotopic (exact) mass is 184 g/mol. The van der Waals surface area contributed by atoms with Crippen LogP contribution in [0.5, 0.6) is 0 Å². The Kier molecular flexibility index (Phi) is 3.06. The molecule has 2 atom stereocenters. The van der Waals surface area contributed by atoms with Gasteiger partial charge in [0.25, 0.3) is 0 Å². The molecular weight excluding hydrogens is 172 g/mol. The first-order valence-electron chi connectivity index (χ1n) is 4.23. The lowest BCUT2D eigenvalue weighted by atomic mass is 10.3. The van der Waals surface area contributed by atoms with E-state index in [4.69, 9.17) is 9.84 Å². The summed E-state index contributed by atoms with van der Waals surface area (Å²) in [4.78, 5) is 21.2. The molecule has 1 aliphatic rings. The molecule has 1 saturated carbocycles. The zero-order chi connectivity index (χ0) is 9.84. The molecule has 72 valence electrons. The van der Waals surface area contributed by atoms with Crippen molar-refractivity contribution in [2.75, 3.05) is 6.61 Å². The molecule has 0 spiro atoms. The Morgan fingerprint density at radius 2 is 2.31 bits per heavy atom. The second-order valence-electron chi connectivity index (χ2n) is 2.96. The Balaban J connectivity index is 2.30. The highest BCUT2D eigenvalue weighted by molar-refractivity contribution is 5.81. The maximum Gasteiger partial charge on any atom is 0.327 e. The standard InChI is InChI=1S/C9H12O4/c1-2-13-9(12)7-5-6(7)3-4-8(10)11/h3-4,6-7H,2,5H2,1H3,(H,10,11)/b4-3+/t6-,7+/m1/s1. The molecule has 0 unspecified atom stereocenters. The second-order valence-corrected chi connectivity index (χ2v) is 2.96. The number of allylic oxidation sites excluding steroid dienone is 1. The van der Waals surface area contributed by atoms with Crippen LogP contribution in [0.3, 0.4) is 0 Å². The van der Waals surface area contributed by atoms with Crippen LogP contribution in [0, 0.1) is 11.8 Å². The van der Waals surface area contributed by atoms with Crippen LogP contribution in [0.25, 0.3) is 0 Å². The molecule has 4 nitrogen and oxygen atoms in total. The fourth-order valence-electron chi connectivity index (χ4n) is 1.15. The van der Waals surface area contributed by atoms with Gasteiger partial charge in [-0.1, -0.05) is 6.08 Å². The first-order valence-corrected chi connectivity index (χ1v) is 4.23. The van der Waals surface area contributed by atoms with E-state index in [2.05, 4.69) is 0 Å². The van der Waals surface area contributed by atoms with Crippen molar-refractivity contribution in [2.45, 2.75) is 13.3 Å². The van der Waals surface area contributed by atoms with Gasteiger partial charge in [0, 0.05) is 6.08 Å². The van der Waals surface area contributed by atoms with E-state index < -0.39 is 5.97 Å². The molecule has 1 aliphatic carbocycles. The predicted molar refractivity (Wildman–Crippen MR) is 45.0 cm³/mol. The number of rotatable bonds is 4. The third-order valence-corrected chi connectivity index (χ3v) is 1.92. The van der Waals surface area contributed by atoms with Gasteiger partial charge in [0.2, 0.25) is 0 Å². The van der Waals surface area contributed by atoms with E-state index in [1.54, 1.807) is 13.0 Å².